The maximum atomic E-state index is 12.5. The van der Waals surface area contributed by atoms with E-state index in [2.05, 4.69) is 22.0 Å². The van der Waals surface area contributed by atoms with Gasteiger partial charge in [-0.3, -0.25) is 4.79 Å². The number of nitrogens with one attached hydrogen (secondary N) is 1. The van der Waals surface area contributed by atoms with Crippen LogP contribution in [-0.4, -0.2) is 61.5 Å². The first-order valence-electron chi connectivity index (χ1n) is 9.91. The number of nitrogens with zero attached hydrogens (tertiary/aromatic N) is 2. The normalized spacial score (nSPS) is 28.3. The number of carbonyl (C=O) groups excluding carboxylic acids is 1. The second kappa shape index (κ2) is 11.6. The number of hydrogen-bond acceptors (Lipinski definition) is 3. The summed E-state index contributed by atoms with van der Waals surface area (Å²) in [6.45, 7) is 10.4. The van der Waals surface area contributed by atoms with E-state index in [1.165, 1.54) is 51.7 Å². The Balaban J connectivity index is 0.00000156. The van der Waals surface area contributed by atoms with Gasteiger partial charge in [-0.05, 0) is 82.5 Å². The van der Waals surface area contributed by atoms with Crippen molar-refractivity contribution in [3.05, 3.63) is 0 Å². The molecular formula is C19H37Cl2N3O. The first-order chi connectivity index (χ1) is 11.2. The number of likely N-dealkylation sites (tertiary alicyclic amines) is 2. The molecule has 25 heavy (non-hydrogen) atoms. The summed E-state index contributed by atoms with van der Waals surface area (Å²) >= 11 is 0. The molecule has 0 aliphatic carbocycles. The Hall–Kier alpha value is -0.0300. The van der Waals surface area contributed by atoms with E-state index in [-0.39, 0.29) is 24.8 Å². The highest BCUT2D eigenvalue weighted by atomic mass is 35.5. The molecule has 4 nitrogen and oxygen atoms in total. The number of piperidine rings is 2. The molecule has 6 heteroatoms. The zero-order valence-electron chi connectivity index (χ0n) is 15.8. The van der Waals surface area contributed by atoms with Crippen LogP contribution in [0.4, 0.5) is 0 Å². The van der Waals surface area contributed by atoms with Gasteiger partial charge >= 0.3 is 0 Å². The quantitative estimate of drug-likeness (QED) is 0.778. The molecule has 0 aromatic rings. The summed E-state index contributed by atoms with van der Waals surface area (Å²) in [5, 5.41) is 3.40. The van der Waals surface area contributed by atoms with Gasteiger partial charge in [-0.15, -0.1) is 24.8 Å². The summed E-state index contributed by atoms with van der Waals surface area (Å²) in [5.74, 6) is 2.75. The van der Waals surface area contributed by atoms with Crippen LogP contribution < -0.4 is 5.32 Å². The van der Waals surface area contributed by atoms with E-state index in [0.29, 0.717) is 11.8 Å². The minimum atomic E-state index is 0. The van der Waals surface area contributed by atoms with E-state index in [1.54, 1.807) is 0 Å². The summed E-state index contributed by atoms with van der Waals surface area (Å²) in [6.07, 6.45) is 8.31. The number of rotatable bonds is 5. The molecule has 3 aliphatic rings. The molecule has 3 saturated heterocycles. The SMILES string of the molecule is CC1CCN(CC2CCCN(C(=O)CCC3CCNC3)C2)CC1.Cl.Cl. The average Bonchev–Trinajstić information content (AvgIpc) is 3.08. The third-order valence-corrected chi connectivity index (χ3v) is 6.19. The second-order valence-corrected chi connectivity index (χ2v) is 8.23. The third-order valence-electron chi connectivity index (χ3n) is 6.19. The first kappa shape index (κ1) is 23.0. The van der Waals surface area contributed by atoms with Crippen LogP contribution in [0, 0.1) is 17.8 Å². The smallest absolute Gasteiger partial charge is 0.222 e. The highest BCUT2D eigenvalue weighted by Gasteiger charge is 2.27. The van der Waals surface area contributed by atoms with Crippen molar-refractivity contribution in [1.29, 1.82) is 0 Å². The molecule has 0 radical (unpaired) electrons. The summed E-state index contributed by atoms with van der Waals surface area (Å²) in [6, 6.07) is 0. The van der Waals surface area contributed by atoms with Gasteiger partial charge in [0.25, 0.3) is 0 Å². The topological polar surface area (TPSA) is 35.6 Å². The fourth-order valence-electron chi connectivity index (χ4n) is 4.50. The average molecular weight is 394 g/mol. The standard InChI is InChI=1S/C19H35N3O.2ClH/c1-16-7-11-21(12-8-16)14-18-3-2-10-22(15-18)19(23)5-4-17-6-9-20-13-17;;/h16-18,20H,2-15H2,1H3;2*1H. The fraction of sp³-hybridized carbons (Fsp3) is 0.947. The van der Waals surface area contributed by atoms with Crippen molar-refractivity contribution in [1.82, 2.24) is 15.1 Å². The van der Waals surface area contributed by atoms with Gasteiger partial charge in [0, 0.05) is 26.1 Å². The lowest BCUT2D eigenvalue weighted by molar-refractivity contribution is -0.133. The maximum absolute atomic E-state index is 12.5. The van der Waals surface area contributed by atoms with Crippen molar-refractivity contribution in [2.24, 2.45) is 17.8 Å². The predicted molar refractivity (Wildman–Crippen MR) is 109 cm³/mol. The van der Waals surface area contributed by atoms with Crippen LogP contribution in [0.2, 0.25) is 0 Å². The van der Waals surface area contributed by atoms with Crippen LogP contribution in [0.5, 0.6) is 0 Å². The molecule has 0 bridgehead atoms. The Labute approximate surface area is 166 Å². The van der Waals surface area contributed by atoms with Crippen LogP contribution in [0.25, 0.3) is 0 Å². The van der Waals surface area contributed by atoms with Crippen LogP contribution in [-0.2, 0) is 4.79 Å². The third kappa shape index (κ3) is 7.24. The molecule has 0 spiro atoms. The van der Waals surface area contributed by atoms with Crippen LogP contribution in [0.3, 0.4) is 0 Å². The summed E-state index contributed by atoms with van der Waals surface area (Å²) in [7, 11) is 0. The Kier molecular flexibility index (Phi) is 10.7. The maximum Gasteiger partial charge on any atom is 0.222 e. The van der Waals surface area contributed by atoms with Gasteiger partial charge in [0.2, 0.25) is 5.91 Å². The van der Waals surface area contributed by atoms with Crippen LogP contribution >= 0.6 is 24.8 Å². The minimum Gasteiger partial charge on any atom is -0.342 e. The van der Waals surface area contributed by atoms with E-state index >= 15 is 0 Å². The molecule has 1 N–H and O–H groups in total. The van der Waals surface area contributed by atoms with Crippen molar-refractivity contribution in [3.8, 4) is 0 Å². The van der Waals surface area contributed by atoms with Crippen molar-refractivity contribution < 1.29 is 4.79 Å². The molecule has 3 fully saturated rings. The molecular weight excluding hydrogens is 357 g/mol. The highest BCUT2D eigenvalue weighted by Crippen LogP contribution is 2.23. The van der Waals surface area contributed by atoms with Crippen molar-refractivity contribution in [2.45, 2.75) is 51.9 Å². The Morgan fingerprint density at radius 1 is 1.04 bits per heavy atom. The monoisotopic (exact) mass is 393 g/mol. The van der Waals surface area contributed by atoms with E-state index in [4.69, 9.17) is 0 Å². The summed E-state index contributed by atoms with van der Waals surface area (Å²) in [5.41, 5.74) is 0. The van der Waals surface area contributed by atoms with Crippen LogP contribution in [0.1, 0.15) is 51.9 Å². The van der Waals surface area contributed by atoms with Crippen molar-refractivity contribution >= 4 is 30.7 Å². The largest absolute Gasteiger partial charge is 0.342 e. The lowest BCUT2D eigenvalue weighted by Gasteiger charge is -2.38. The molecule has 1 amide bonds. The second-order valence-electron chi connectivity index (χ2n) is 8.23. The Morgan fingerprint density at radius 3 is 2.48 bits per heavy atom. The zero-order chi connectivity index (χ0) is 16.1. The molecule has 3 rings (SSSR count). The molecule has 3 heterocycles. The number of hydrogen-bond donors (Lipinski definition) is 1. The lowest BCUT2D eigenvalue weighted by Crippen LogP contribution is -2.45. The van der Waals surface area contributed by atoms with Gasteiger partial charge in [-0.2, -0.15) is 0 Å². The molecule has 2 atom stereocenters. The molecule has 0 aromatic carbocycles. The molecule has 0 saturated carbocycles. The van der Waals surface area contributed by atoms with Gasteiger partial charge in [-0.1, -0.05) is 6.92 Å². The number of halogens is 2. The highest BCUT2D eigenvalue weighted by molar-refractivity contribution is 5.85. The van der Waals surface area contributed by atoms with Crippen molar-refractivity contribution in [3.63, 3.8) is 0 Å². The molecule has 3 aliphatic heterocycles. The van der Waals surface area contributed by atoms with E-state index < -0.39 is 0 Å². The predicted octanol–water partition coefficient (Wildman–Crippen LogP) is 3.19. The van der Waals surface area contributed by atoms with Crippen molar-refractivity contribution in [2.75, 3.05) is 45.8 Å². The summed E-state index contributed by atoms with van der Waals surface area (Å²) < 4.78 is 0. The summed E-state index contributed by atoms with van der Waals surface area (Å²) in [4.78, 5) is 17.3. The minimum absolute atomic E-state index is 0. The Morgan fingerprint density at radius 2 is 1.80 bits per heavy atom. The van der Waals surface area contributed by atoms with Crippen LogP contribution in [0.15, 0.2) is 0 Å². The number of amides is 1. The van der Waals surface area contributed by atoms with E-state index in [0.717, 1.165) is 50.9 Å². The zero-order valence-corrected chi connectivity index (χ0v) is 17.4. The fourth-order valence-corrected chi connectivity index (χ4v) is 4.50. The molecule has 148 valence electrons. The van der Waals surface area contributed by atoms with Gasteiger partial charge in [0.1, 0.15) is 0 Å². The van der Waals surface area contributed by atoms with Gasteiger partial charge in [-0.25, -0.2) is 0 Å². The van der Waals surface area contributed by atoms with Gasteiger partial charge in [0.15, 0.2) is 0 Å². The van der Waals surface area contributed by atoms with Gasteiger partial charge < -0.3 is 15.1 Å². The molecule has 2 unspecified atom stereocenters. The van der Waals surface area contributed by atoms with E-state index in [9.17, 15) is 4.79 Å². The lowest BCUT2D eigenvalue weighted by atomic mass is 9.94. The molecule has 0 aromatic heterocycles. The Bertz CT molecular complexity index is 383. The van der Waals surface area contributed by atoms with E-state index in [1.807, 2.05) is 0 Å². The first-order valence-corrected chi connectivity index (χ1v) is 9.91. The van der Waals surface area contributed by atoms with Gasteiger partial charge in [0.05, 0.1) is 0 Å². The number of carbonyl (C=O) groups is 1.